The first-order valence-corrected chi connectivity index (χ1v) is 10.9. The van der Waals surface area contributed by atoms with E-state index in [4.69, 9.17) is 0 Å². The van der Waals surface area contributed by atoms with Gasteiger partial charge in [-0.05, 0) is 110 Å². The van der Waals surface area contributed by atoms with E-state index in [1.165, 1.54) is 0 Å². The summed E-state index contributed by atoms with van der Waals surface area (Å²) in [4.78, 5) is 0. The average molecular weight is 451 g/mol. The van der Waals surface area contributed by atoms with Crippen LogP contribution in [0.1, 0.15) is 22.3 Å². The second-order valence-electron chi connectivity index (χ2n) is 8.39. The lowest BCUT2D eigenvalue weighted by Crippen LogP contribution is -1.83. The molecule has 4 aromatic rings. The molecule has 0 aliphatic carbocycles. The minimum Gasteiger partial charge on any atom is -0.506 e. The molecule has 170 valence electrons. The smallest absolute Gasteiger partial charge is 0.143 e. The van der Waals surface area contributed by atoms with Crippen molar-refractivity contribution in [2.45, 2.75) is 27.7 Å². The van der Waals surface area contributed by atoms with E-state index in [1.54, 1.807) is 24.3 Å². The minimum atomic E-state index is 0.106. The maximum absolute atomic E-state index is 9.97. The van der Waals surface area contributed by atoms with Gasteiger partial charge in [-0.1, -0.05) is 24.3 Å². The van der Waals surface area contributed by atoms with Crippen molar-refractivity contribution in [3.05, 3.63) is 95.1 Å². The monoisotopic (exact) mass is 450 g/mol. The van der Waals surface area contributed by atoms with Crippen LogP contribution in [0.15, 0.2) is 93.3 Å². The van der Waals surface area contributed by atoms with Gasteiger partial charge in [-0.25, -0.2) is 0 Å². The fraction of sp³-hybridized carbons (Fsp3) is 0.143. The summed E-state index contributed by atoms with van der Waals surface area (Å²) in [5.41, 5.74) is 8.45. The fourth-order valence-electron chi connectivity index (χ4n) is 3.54. The van der Waals surface area contributed by atoms with E-state index in [2.05, 4.69) is 32.6 Å². The van der Waals surface area contributed by atoms with Crippen LogP contribution in [0.2, 0.25) is 0 Å². The van der Waals surface area contributed by atoms with Gasteiger partial charge in [-0.15, -0.1) is 10.2 Å². The van der Waals surface area contributed by atoms with Gasteiger partial charge < -0.3 is 10.2 Å². The Morgan fingerprint density at radius 3 is 1.21 bits per heavy atom. The zero-order valence-electron chi connectivity index (χ0n) is 19.6. The molecule has 0 heterocycles. The highest BCUT2D eigenvalue weighted by atomic mass is 16.3. The van der Waals surface area contributed by atoms with E-state index < -0.39 is 0 Å². The second-order valence-corrected chi connectivity index (χ2v) is 8.39. The highest BCUT2D eigenvalue weighted by molar-refractivity contribution is 5.70. The average Bonchev–Trinajstić information content (AvgIpc) is 2.81. The molecule has 0 saturated heterocycles. The molecule has 6 heteroatoms. The predicted molar refractivity (Wildman–Crippen MR) is 135 cm³/mol. The summed E-state index contributed by atoms with van der Waals surface area (Å²) in [6.07, 6.45) is 0. The molecule has 4 aromatic carbocycles. The Balaban J connectivity index is 1.55. The van der Waals surface area contributed by atoms with E-state index in [0.29, 0.717) is 11.4 Å². The van der Waals surface area contributed by atoms with E-state index in [0.717, 1.165) is 44.8 Å². The normalized spacial score (nSPS) is 11.5. The third-order valence-electron chi connectivity index (χ3n) is 5.52. The first-order chi connectivity index (χ1) is 16.3. The van der Waals surface area contributed by atoms with Gasteiger partial charge in [0.25, 0.3) is 0 Å². The largest absolute Gasteiger partial charge is 0.506 e. The molecule has 0 unspecified atom stereocenters. The molecular formula is C28H26N4O2. The van der Waals surface area contributed by atoms with Crippen LogP contribution < -0.4 is 0 Å². The molecule has 0 saturated carbocycles. The van der Waals surface area contributed by atoms with Crippen molar-refractivity contribution < 1.29 is 10.2 Å². The van der Waals surface area contributed by atoms with Gasteiger partial charge in [0.05, 0.1) is 11.4 Å². The van der Waals surface area contributed by atoms with Gasteiger partial charge in [0.2, 0.25) is 0 Å². The Morgan fingerprint density at radius 1 is 0.441 bits per heavy atom. The Bertz CT molecular complexity index is 1320. The van der Waals surface area contributed by atoms with Crippen LogP contribution in [0.5, 0.6) is 11.5 Å². The van der Waals surface area contributed by atoms with Crippen LogP contribution >= 0.6 is 0 Å². The number of hydrogen-bond donors (Lipinski definition) is 2. The van der Waals surface area contributed by atoms with Gasteiger partial charge in [0.1, 0.15) is 22.9 Å². The van der Waals surface area contributed by atoms with Crippen LogP contribution in [0.3, 0.4) is 0 Å². The van der Waals surface area contributed by atoms with Gasteiger partial charge in [-0.3, -0.25) is 0 Å². The molecule has 0 aliphatic rings. The van der Waals surface area contributed by atoms with Gasteiger partial charge in [0, 0.05) is 0 Å². The molecule has 0 atom stereocenters. The Morgan fingerprint density at radius 2 is 0.824 bits per heavy atom. The van der Waals surface area contributed by atoms with Gasteiger partial charge in [-0.2, -0.15) is 10.2 Å². The molecular weight excluding hydrogens is 424 g/mol. The number of hydrogen-bond acceptors (Lipinski definition) is 6. The van der Waals surface area contributed by atoms with Crippen LogP contribution in [0.4, 0.5) is 22.7 Å². The second kappa shape index (κ2) is 9.67. The third kappa shape index (κ3) is 5.18. The number of aryl methyl sites for hydroxylation is 4. The van der Waals surface area contributed by atoms with E-state index in [-0.39, 0.29) is 11.5 Å². The summed E-state index contributed by atoms with van der Waals surface area (Å²) in [6, 6.07) is 22.4. The van der Waals surface area contributed by atoms with E-state index >= 15 is 0 Å². The summed E-state index contributed by atoms with van der Waals surface area (Å²) in [5, 5.41) is 37.0. The summed E-state index contributed by atoms with van der Waals surface area (Å²) in [5.74, 6) is 0.211. The first kappa shape index (κ1) is 22.9. The van der Waals surface area contributed by atoms with Crippen molar-refractivity contribution in [3.63, 3.8) is 0 Å². The van der Waals surface area contributed by atoms with Crippen molar-refractivity contribution in [1.29, 1.82) is 0 Å². The molecule has 0 aromatic heterocycles. The Labute approximate surface area is 199 Å². The standard InChI is InChI=1S/C28H26N4O2/c1-17-5-11-27(33)25(13-17)31-29-23-9-7-21(15-19(23)3)22-8-10-24(20(4)16-22)30-32-26-14-18(2)6-12-28(26)34/h5-16,33-34H,1-4H3. The van der Waals surface area contributed by atoms with Crippen LogP contribution in [-0.4, -0.2) is 10.2 Å². The Kier molecular flexibility index (Phi) is 6.50. The predicted octanol–water partition coefficient (Wildman–Crippen LogP) is 8.83. The number of aromatic hydroxyl groups is 2. The van der Waals surface area contributed by atoms with E-state index in [1.807, 2.05) is 64.1 Å². The van der Waals surface area contributed by atoms with E-state index in [9.17, 15) is 10.2 Å². The number of phenolic OH excluding ortho intramolecular Hbond substituents is 2. The maximum Gasteiger partial charge on any atom is 0.143 e. The molecule has 2 N–H and O–H groups in total. The molecule has 0 amide bonds. The molecule has 34 heavy (non-hydrogen) atoms. The highest BCUT2D eigenvalue weighted by Crippen LogP contribution is 2.34. The minimum absolute atomic E-state index is 0.106. The quantitative estimate of drug-likeness (QED) is 0.297. The zero-order chi connectivity index (χ0) is 24.2. The van der Waals surface area contributed by atoms with Gasteiger partial charge >= 0.3 is 0 Å². The lowest BCUT2D eigenvalue weighted by Gasteiger charge is -2.08. The summed E-state index contributed by atoms with van der Waals surface area (Å²) < 4.78 is 0. The molecule has 0 bridgehead atoms. The number of rotatable bonds is 5. The lowest BCUT2D eigenvalue weighted by molar-refractivity contribution is 0.475. The SMILES string of the molecule is Cc1ccc(O)c(N=Nc2ccc(-c3ccc(N=Nc4cc(C)ccc4O)c(C)c3)cc2C)c1. The lowest BCUT2D eigenvalue weighted by atomic mass is 10.0. The number of azo groups is 2. The number of phenols is 2. The number of benzene rings is 4. The molecule has 6 nitrogen and oxygen atoms in total. The van der Waals surface area contributed by atoms with Gasteiger partial charge in [0.15, 0.2) is 0 Å². The highest BCUT2D eigenvalue weighted by Gasteiger charge is 2.07. The van der Waals surface area contributed by atoms with Crippen LogP contribution in [-0.2, 0) is 0 Å². The van der Waals surface area contributed by atoms with Crippen molar-refractivity contribution in [2.75, 3.05) is 0 Å². The maximum atomic E-state index is 9.97. The summed E-state index contributed by atoms with van der Waals surface area (Å²) in [7, 11) is 0. The number of nitrogens with zero attached hydrogens (tertiary/aromatic N) is 4. The van der Waals surface area contributed by atoms with Crippen LogP contribution in [0.25, 0.3) is 11.1 Å². The summed E-state index contributed by atoms with van der Waals surface area (Å²) in [6.45, 7) is 7.86. The topological polar surface area (TPSA) is 89.9 Å². The first-order valence-electron chi connectivity index (χ1n) is 10.9. The zero-order valence-corrected chi connectivity index (χ0v) is 19.6. The van der Waals surface area contributed by atoms with Crippen molar-refractivity contribution >= 4 is 22.7 Å². The molecule has 0 aliphatic heterocycles. The molecule has 0 spiro atoms. The van der Waals surface area contributed by atoms with Crippen molar-refractivity contribution in [2.24, 2.45) is 20.5 Å². The van der Waals surface area contributed by atoms with Crippen molar-refractivity contribution in [3.8, 4) is 22.6 Å². The summed E-state index contributed by atoms with van der Waals surface area (Å²) >= 11 is 0. The fourth-order valence-corrected chi connectivity index (χ4v) is 3.54. The molecule has 0 fully saturated rings. The molecule has 4 rings (SSSR count). The third-order valence-corrected chi connectivity index (χ3v) is 5.52. The molecule has 0 radical (unpaired) electrons. The van der Waals surface area contributed by atoms with Crippen molar-refractivity contribution in [1.82, 2.24) is 0 Å². The van der Waals surface area contributed by atoms with Crippen LogP contribution in [0, 0.1) is 27.7 Å². The Hall–Kier alpha value is -4.32.